The molecule has 1 aliphatic heterocycles. The molecule has 1 aromatic carbocycles. The second kappa shape index (κ2) is 6.59. The lowest BCUT2D eigenvalue weighted by atomic mass is 10.3. The van der Waals surface area contributed by atoms with Crippen LogP contribution in [0, 0.1) is 0 Å². The minimum Gasteiger partial charge on any atom is -0.497 e. The average molecular weight is 324 g/mol. The highest BCUT2D eigenvalue weighted by atomic mass is 32.2. The Morgan fingerprint density at radius 3 is 3.00 bits per heavy atom. The number of carbonyl (C=O) groups is 2. The number of carboxylic acid groups (broad SMARTS) is 1. The highest BCUT2D eigenvalue weighted by molar-refractivity contribution is 8.26. The van der Waals surface area contributed by atoms with Gasteiger partial charge in [0.15, 0.2) is 0 Å². The van der Waals surface area contributed by atoms with Crippen molar-refractivity contribution in [3.05, 3.63) is 35.4 Å². The Labute approximate surface area is 130 Å². The Hall–Kier alpha value is -2.06. The van der Waals surface area contributed by atoms with E-state index in [1.807, 2.05) is 12.1 Å². The zero-order valence-corrected chi connectivity index (χ0v) is 12.7. The SMILES string of the molecule is COc1cccc(NC=C2SC(=S)N(CC(=O)O)C2=O)c1. The summed E-state index contributed by atoms with van der Waals surface area (Å²) in [7, 11) is 1.57. The van der Waals surface area contributed by atoms with E-state index >= 15 is 0 Å². The predicted octanol–water partition coefficient (Wildman–Crippen LogP) is 1.89. The fraction of sp³-hybridized carbons (Fsp3) is 0.154. The fourth-order valence-corrected chi connectivity index (χ4v) is 2.81. The van der Waals surface area contributed by atoms with Gasteiger partial charge in [-0.25, -0.2) is 0 Å². The molecule has 1 saturated heterocycles. The number of amides is 1. The molecule has 110 valence electrons. The van der Waals surface area contributed by atoms with Crippen molar-refractivity contribution in [1.29, 1.82) is 0 Å². The van der Waals surface area contributed by atoms with Gasteiger partial charge in [0.05, 0.1) is 12.0 Å². The molecule has 2 N–H and O–H groups in total. The molecule has 8 heteroatoms. The molecule has 0 spiro atoms. The lowest BCUT2D eigenvalue weighted by molar-refractivity contribution is -0.140. The second-order valence-electron chi connectivity index (χ2n) is 4.04. The van der Waals surface area contributed by atoms with Crippen molar-refractivity contribution in [3.8, 4) is 5.75 Å². The van der Waals surface area contributed by atoms with Crippen molar-refractivity contribution in [1.82, 2.24) is 4.90 Å². The van der Waals surface area contributed by atoms with Crippen LogP contribution in [0.25, 0.3) is 0 Å². The summed E-state index contributed by atoms with van der Waals surface area (Å²) in [6.07, 6.45) is 1.51. The molecular weight excluding hydrogens is 312 g/mol. The number of carbonyl (C=O) groups excluding carboxylic acids is 1. The summed E-state index contributed by atoms with van der Waals surface area (Å²) in [5.41, 5.74) is 0.748. The number of hydrogen-bond donors (Lipinski definition) is 2. The zero-order valence-electron chi connectivity index (χ0n) is 11.0. The predicted molar refractivity (Wildman–Crippen MR) is 84.2 cm³/mol. The van der Waals surface area contributed by atoms with Crippen LogP contribution in [-0.4, -0.2) is 39.9 Å². The quantitative estimate of drug-likeness (QED) is 0.632. The normalized spacial score (nSPS) is 16.4. The molecule has 0 bridgehead atoms. The number of nitrogens with zero attached hydrogens (tertiary/aromatic N) is 1. The number of benzene rings is 1. The Bertz CT molecular complexity index is 630. The van der Waals surface area contributed by atoms with Crippen LogP contribution in [0.5, 0.6) is 5.75 Å². The van der Waals surface area contributed by atoms with Gasteiger partial charge in [0.2, 0.25) is 0 Å². The van der Waals surface area contributed by atoms with Crippen LogP contribution < -0.4 is 10.1 Å². The first-order chi connectivity index (χ1) is 10.0. The average Bonchev–Trinajstić information content (AvgIpc) is 2.72. The first-order valence-electron chi connectivity index (χ1n) is 5.87. The Morgan fingerprint density at radius 1 is 1.57 bits per heavy atom. The van der Waals surface area contributed by atoms with E-state index in [4.69, 9.17) is 22.1 Å². The standard InChI is InChI=1S/C13H12N2O4S2/c1-19-9-4-2-3-8(5-9)14-6-10-12(18)15(7-11(16)17)13(20)21-10/h2-6,14H,7H2,1H3,(H,16,17). The van der Waals surface area contributed by atoms with Gasteiger partial charge in [-0.05, 0) is 12.1 Å². The van der Waals surface area contributed by atoms with Crippen LogP contribution >= 0.6 is 24.0 Å². The van der Waals surface area contributed by atoms with Crippen LogP contribution in [0.1, 0.15) is 0 Å². The monoisotopic (exact) mass is 324 g/mol. The van der Waals surface area contributed by atoms with E-state index in [9.17, 15) is 9.59 Å². The van der Waals surface area contributed by atoms with Crippen molar-refractivity contribution in [2.45, 2.75) is 0 Å². The number of anilines is 1. The maximum absolute atomic E-state index is 12.0. The molecule has 6 nitrogen and oxygen atoms in total. The number of nitrogens with one attached hydrogen (secondary N) is 1. The Balaban J connectivity index is 2.09. The van der Waals surface area contributed by atoms with E-state index in [-0.39, 0.29) is 4.32 Å². The van der Waals surface area contributed by atoms with E-state index in [1.165, 1.54) is 6.20 Å². The van der Waals surface area contributed by atoms with Gasteiger partial charge >= 0.3 is 5.97 Å². The molecule has 1 amide bonds. The van der Waals surface area contributed by atoms with E-state index in [2.05, 4.69) is 5.32 Å². The minimum atomic E-state index is -1.10. The van der Waals surface area contributed by atoms with Gasteiger partial charge in [-0.15, -0.1) is 0 Å². The topological polar surface area (TPSA) is 78.9 Å². The molecule has 1 heterocycles. The maximum Gasteiger partial charge on any atom is 0.323 e. The van der Waals surface area contributed by atoms with Gasteiger partial charge in [0.25, 0.3) is 5.91 Å². The summed E-state index contributed by atoms with van der Waals surface area (Å²) in [6, 6.07) is 7.20. The number of rotatable bonds is 5. The molecule has 0 radical (unpaired) electrons. The minimum absolute atomic E-state index is 0.237. The summed E-state index contributed by atoms with van der Waals surface area (Å²) < 4.78 is 5.34. The lowest BCUT2D eigenvalue weighted by Crippen LogP contribution is -2.33. The van der Waals surface area contributed by atoms with Gasteiger partial charge in [-0.1, -0.05) is 30.0 Å². The van der Waals surface area contributed by atoms with Crippen molar-refractivity contribution >= 4 is 45.9 Å². The molecule has 0 saturated carbocycles. The Kier molecular flexibility index (Phi) is 4.81. The van der Waals surface area contributed by atoms with E-state index < -0.39 is 18.4 Å². The summed E-state index contributed by atoms with van der Waals surface area (Å²) in [6.45, 7) is -0.429. The van der Waals surface area contributed by atoms with Crippen LogP contribution in [-0.2, 0) is 9.59 Å². The molecule has 0 aromatic heterocycles. The number of thiocarbonyl (C=S) groups is 1. The third-order valence-corrected chi connectivity index (χ3v) is 3.98. The van der Waals surface area contributed by atoms with Gasteiger partial charge in [0, 0.05) is 18.0 Å². The van der Waals surface area contributed by atoms with Crippen LogP contribution in [0.4, 0.5) is 5.69 Å². The molecule has 0 aliphatic carbocycles. The number of ether oxygens (including phenoxy) is 1. The summed E-state index contributed by atoms with van der Waals surface area (Å²) in [5, 5.41) is 11.7. The molecular formula is C13H12N2O4S2. The van der Waals surface area contributed by atoms with Gasteiger partial charge in [-0.3, -0.25) is 14.5 Å². The highest BCUT2D eigenvalue weighted by Crippen LogP contribution is 2.30. The molecule has 0 unspecified atom stereocenters. The fourth-order valence-electron chi connectivity index (χ4n) is 1.63. The zero-order chi connectivity index (χ0) is 15.4. The van der Waals surface area contributed by atoms with Gasteiger partial charge in [-0.2, -0.15) is 0 Å². The maximum atomic E-state index is 12.0. The molecule has 1 aromatic rings. The molecule has 1 fully saturated rings. The van der Waals surface area contributed by atoms with E-state index in [0.29, 0.717) is 10.7 Å². The second-order valence-corrected chi connectivity index (χ2v) is 5.71. The van der Waals surface area contributed by atoms with Gasteiger partial charge < -0.3 is 15.2 Å². The van der Waals surface area contributed by atoms with Gasteiger partial charge in [0.1, 0.15) is 16.6 Å². The first-order valence-corrected chi connectivity index (χ1v) is 7.10. The third kappa shape index (κ3) is 3.73. The third-order valence-electron chi connectivity index (χ3n) is 2.61. The van der Waals surface area contributed by atoms with Crippen LogP contribution in [0.15, 0.2) is 35.4 Å². The number of thioether (sulfide) groups is 1. The number of aliphatic carboxylic acids is 1. The molecule has 0 atom stereocenters. The van der Waals surface area contributed by atoms with Crippen molar-refractivity contribution in [3.63, 3.8) is 0 Å². The molecule has 2 rings (SSSR count). The Morgan fingerprint density at radius 2 is 2.33 bits per heavy atom. The van der Waals surface area contributed by atoms with E-state index in [0.717, 1.165) is 22.3 Å². The summed E-state index contributed by atoms with van der Waals surface area (Å²) in [4.78, 5) is 24.1. The van der Waals surface area contributed by atoms with Crippen molar-refractivity contribution < 1.29 is 19.4 Å². The summed E-state index contributed by atoms with van der Waals surface area (Å²) >= 11 is 6.06. The van der Waals surface area contributed by atoms with Crippen molar-refractivity contribution in [2.75, 3.05) is 19.0 Å². The molecule has 1 aliphatic rings. The lowest BCUT2D eigenvalue weighted by Gasteiger charge is -2.10. The first kappa shape index (κ1) is 15.3. The number of methoxy groups -OCH3 is 1. The highest BCUT2D eigenvalue weighted by Gasteiger charge is 2.33. The largest absolute Gasteiger partial charge is 0.497 e. The number of hydrogen-bond acceptors (Lipinski definition) is 6. The van der Waals surface area contributed by atoms with Crippen molar-refractivity contribution in [2.24, 2.45) is 0 Å². The smallest absolute Gasteiger partial charge is 0.323 e. The van der Waals surface area contributed by atoms with Crippen LogP contribution in [0.2, 0.25) is 0 Å². The van der Waals surface area contributed by atoms with E-state index in [1.54, 1.807) is 19.2 Å². The molecule has 21 heavy (non-hydrogen) atoms. The van der Waals surface area contributed by atoms with Crippen LogP contribution in [0.3, 0.4) is 0 Å². The summed E-state index contributed by atoms with van der Waals surface area (Å²) in [5.74, 6) is -0.831. The number of carboxylic acids is 1.